The topological polar surface area (TPSA) is 77.0 Å². The highest BCUT2D eigenvalue weighted by atomic mass is 79.9. The predicted molar refractivity (Wildman–Crippen MR) is 131 cm³/mol. The summed E-state index contributed by atoms with van der Waals surface area (Å²) in [6.45, 7) is -0.191. The lowest BCUT2D eigenvalue weighted by Crippen LogP contribution is -2.24. The molecule has 1 amide bonds. The Labute approximate surface area is 202 Å². The van der Waals surface area contributed by atoms with Gasteiger partial charge in [-0.3, -0.25) is 4.79 Å². The zero-order valence-electron chi connectivity index (χ0n) is 16.7. The number of carbonyl (C=O) groups is 2. The first-order chi connectivity index (χ1) is 15.5. The second kappa shape index (κ2) is 12.0. The fourth-order valence-corrected chi connectivity index (χ4v) is 3.11. The van der Waals surface area contributed by atoms with E-state index in [2.05, 4.69) is 42.4 Å². The second-order valence-electron chi connectivity index (χ2n) is 6.38. The van der Waals surface area contributed by atoms with Crippen LogP contribution in [0.15, 0.2) is 92.9 Å². The lowest BCUT2D eigenvalue weighted by atomic mass is 10.2. The third-order valence-corrected chi connectivity index (χ3v) is 4.99. The van der Waals surface area contributed by atoms with Gasteiger partial charge in [-0.15, -0.1) is 0 Å². The smallest absolute Gasteiger partial charge is 0.336 e. The highest BCUT2D eigenvalue weighted by Gasteiger charge is 2.08. The molecule has 0 radical (unpaired) electrons. The number of halogens is 2. The van der Waals surface area contributed by atoms with Crippen molar-refractivity contribution in [2.24, 2.45) is 5.10 Å². The summed E-state index contributed by atoms with van der Waals surface area (Å²) < 4.78 is 12.5. The van der Waals surface area contributed by atoms with Crippen LogP contribution in [0.1, 0.15) is 11.1 Å². The first-order valence-electron chi connectivity index (χ1n) is 9.44. The van der Waals surface area contributed by atoms with Crippen LogP contribution in [-0.2, 0) is 9.59 Å². The van der Waals surface area contributed by atoms with Gasteiger partial charge in [0.05, 0.1) is 6.21 Å². The number of esters is 1. The minimum Gasteiger partial charge on any atom is -0.484 e. The van der Waals surface area contributed by atoms with Gasteiger partial charge in [-0.1, -0.05) is 62.2 Å². The quantitative estimate of drug-likeness (QED) is 0.133. The van der Waals surface area contributed by atoms with Crippen LogP contribution in [0, 0.1) is 0 Å². The molecule has 0 aliphatic heterocycles. The van der Waals surface area contributed by atoms with E-state index in [0.717, 1.165) is 14.5 Å². The van der Waals surface area contributed by atoms with E-state index >= 15 is 0 Å². The summed E-state index contributed by atoms with van der Waals surface area (Å²) in [5, 5.41) is 3.93. The molecule has 0 bridgehead atoms. The number of benzene rings is 3. The van der Waals surface area contributed by atoms with Crippen LogP contribution < -0.4 is 14.9 Å². The van der Waals surface area contributed by atoms with Gasteiger partial charge in [-0.2, -0.15) is 5.10 Å². The van der Waals surface area contributed by atoms with E-state index < -0.39 is 11.9 Å². The first kappa shape index (κ1) is 23.4. The minimum atomic E-state index is -0.530. The second-order valence-corrected chi connectivity index (χ2v) is 8.21. The summed E-state index contributed by atoms with van der Waals surface area (Å²) in [5.74, 6) is -0.0848. The van der Waals surface area contributed by atoms with Gasteiger partial charge >= 0.3 is 5.97 Å². The third kappa shape index (κ3) is 7.79. The predicted octanol–water partition coefficient (Wildman–Crippen LogP) is 5.36. The van der Waals surface area contributed by atoms with Crippen molar-refractivity contribution < 1.29 is 19.1 Å². The van der Waals surface area contributed by atoms with E-state index in [0.29, 0.717) is 17.1 Å². The lowest BCUT2D eigenvalue weighted by Gasteiger charge is -2.07. The highest BCUT2D eigenvalue weighted by Crippen LogP contribution is 2.22. The normalized spacial score (nSPS) is 10.9. The van der Waals surface area contributed by atoms with Crippen LogP contribution >= 0.6 is 31.9 Å². The summed E-state index contributed by atoms with van der Waals surface area (Å²) in [5.41, 5.74) is 3.78. The number of ether oxygens (including phenoxy) is 2. The maximum atomic E-state index is 12.2. The van der Waals surface area contributed by atoms with Crippen molar-refractivity contribution in [3.63, 3.8) is 0 Å². The Morgan fingerprint density at radius 2 is 1.66 bits per heavy atom. The standard InChI is InChI=1S/C24H18Br2N2O4/c25-19-7-10-21(11-8-19)31-16-23(29)28-27-15-18-14-20(26)9-12-22(18)32-24(30)13-6-17-4-2-1-3-5-17/h1-15H,16H2,(H,28,29). The van der Waals surface area contributed by atoms with Crippen LogP contribution in [0.25, 0.3) is 6.08 Å². The van der Waals surface area contributed by atoms with E-state index in [1.165, 1.54) is 12.3 Å². The number of nitrogens with one attached hydrogen (secondary N) is 1. The Hall–Kier alpha value is -3.23. The van der Waals surface area contributed by atoms with E-state index in [1.54, 1.807) is 36.4 Å². The van der Waals surface area contributed by atoms with Gasteiger partial charge in [-0.05, 0) is 54.1 Å². The summed E-state index contributed by atoms with van der Waals surface area (Å²) in [6.07, 6.45) is 4.41. The number of rotatable bonds is 8. The summed E-state index contributed by atoms with van der Waals surface area (Å²) in [7, 11) is 0. The molecule has 0 unspecified atom stereocenters. The number of hydrogen-bond acceptors (Lipinski definition) is 5. The molecule has 0 heterocycles. The molecule has 3 rings (SSSR count). The molecule has 162 valence electrons. The van der Waals surface area contributed by atoms with Gasteiger partial charge in [0, 0.05) is 20.6 Å². The monoisotopic (exact) mass is 556 g/mol. The Morgan fingerprint density at radius 3 is 2.41 bits per heavy atom. The van der Waals surface area contributed by atoms with E-state index in [4.69, 9.17) is 9.47 Å². The maximum absolute atomic E-state index is 12.2. The molecule has 0 saturated carbocycles. The average molecular weight is 558 g/mol. The molecule has 0 saturated heterocycles. The Bertz CT molecular complexity index is 1130. The van der Waals surface area contributed by atoms with E-state index in [9.17, 15) is 9.59 Å². The van der Waals surface area contributed by atoms with Gasteiger partial charge in [0.25, 0.3) is 5.91 Å². The van der Waals surface area contributed by atoms with E-state index in [1.807, 2.05) is 42.5 Å². The third-order valence-electron chi connectivity index (χ3n) is 3.97. The molecule has 6 nitrogen and oxygen atoms in total. The molecule has 3 aromatic carbocycles. The van der Waals surface area contributed by atoms with Crippen LogP contribution in [0.5, 0.6) is 11.5 Å². The SMILES string of the molecule is O=C(COc1ccc(Br)cc1)NN=Cc1cc(Br)ccc1OC(=O)C=Cc1ccccc1. The van der Waals surface area contributed by atoms with Crippen LogP contribution in [0.3, 0.4) is 0 Å². The van der Waals surface area contributed by atoms with Crippen molar-refractivity contribution in [3.8, 4) is 11.5 Å². The first-order valence-corrected chi connectivity index (χ1v) is 11.0. The zero-order chi connectivity index (χ0) is 22.8. The van der Waals surface area contributed by atoms with Crippen molar-refractivity contribution >= 4 is 56.0 Å². The maximum Gasteiger partial charge on any atom is 0.336 e. The minimum absolute atomic E-state index is 0.191. The Balaban J connectivity index is 1.57. The van der Waals surface area contributed by atoms with Crippen molar-refractivity contribution in [2.45, 2.75) is 0 Å². The molecule has 1 N–H and O–H groups in total. The summed E-state index contributed by atoms with van der Waals surface area (Å²) >= 11 is 6.71. The fraction of sp³-hybridized carbons (Fsp3) is 0.0417. The van der Waals surface area contributed by atoms with Gasteiger partial charge in [0.1, 0.15) is 11.5 Å². The fourth-order valence-electron chi connectivity index (χ4n) is 2.47. The Kier molecular flexibility index (Phi) is 8.77. The van der Waals surface area contributed by atoms with Crippen LogP contribution in [0.4, 0.5) is 0 Å². The van der Waals surface area contributed by atoms with Crippen LogP contribution in [0.2, 0.25) is 0 Å². The van der Waals surface area contributed by atoms with Gasteiger partial charge in [-0.25, -0.2) is 10.2 Å². The van der Waals surface area contributed by atoms with Gasteiger partial charge in [0.2, 0.25) is 0 Å². The number of nitrogens with zero attached hydrogens (tertiary/aromatic N) is 1. The molecule has 3 aromatic rings. The van der Waals surface area contributed by atoms with Gasteiger partial charge < -0.3 is 9.47 Å². The van der Waals surface area contributed by atoms with Crippen LogP contribution in [-0.4, -0.2) is 24.7 Å². The largest absolute Gasteiger partial charge is 0.484 e. The lowest BCUT2D eigenvalue weighted by molar-refractivity contribution is -0.129. The molecule has 0 aromatic heterocycles. The summed E-state index contributed by atoms with van der Waals surface area (Å²) in [4.78, 5) is 24.2. The van der Waals surface area contributed by atoms with Crippen molar-refractivity contribution in [1.82, 2.24) is 5.43 Å². The molecule has 0 aliphatic rings. The molecule has 0 aliphatic carbocycles. The molecule has 8 heteroatoms. The number of carbonyl (C=O) groups excluding carboxylic acids is 2. The molecule has 0 fully saturated rings. The number of amides is 1. The molecular formula is C24H18Br2N2O4. The number of hydrogen-bond donors (Lipinski definition) is 1. The molecule has 0 atom stereocenters. The van der Waals surface area contributed by atoms with Gasteiger partial charge in [0.15, 0.2) is 6.61 Å². The van der Waals surface area contributed by atoms with E-state index in [-0.39, 0.29) is 6.61 Å². The highest BCUT2D eigenvalue weighted by molar-refractivity contribution is 9.10. The molecule has 32 heavy (non-hydrogen) atoms. The Morgan fingerprint density at radius 1 is 0.938 bits per heavy atom. The summed E-state index contributed by atoms with van der Waals surface area (Å²) in [6, 6.07) is 21.6. The number of hydrazone groups is 1. The zero-order valence-corrected chi connectivity index (χ0v) is 19.9. The average Bonchev–Trinajstić information content (AvgIpc) is 2.80. The molecule has 0 spiro atoms. The van der Waals surface area contributed by atoms with Crippen molar-refractivity contribution in [2.75, 3.05) is 6.61 Å². The van der Waals surface area contributed by atoms with Crippen molar-refractivity contribution in [3.05, 3.63) is 98.9 Å². The van der Waals surface area contributed by atoms with Crippen molar-refractivity contribution in [1.29, 1.82) is 0 Å². The molecular weight excluding hydrogens is 540 g/mol.